The average molecular weight is 381 g/mol. The van der Waals surface area contributed by atoms with Crippen molar-refractivity contribution in [2.45, 2.75) is 66.1 Å². The van der Waals surface area contributed by atoms with E-state index >= 15 is 0 Å². The van der Waals surface area contributed by atoms with Gasteiger partial charge in [-0.1, -0.05) is 66.6 Å². The van der Waals surface area contributed by atoms with Gasteiger partial charge in [0, 0.05) is 12.6 Å². The highest BCUT2D eigenvalue weighted by Gasteiger charge is 2.26. The molecule has 0 saturated heterocycles. The lowest BCUT2D eigenvalue weighted by Gasteiger charge is -2.30. The molecule has 0 aliphatic heterocycles. The number of benzene rings is 2. The summed E-state index contributed by atoms with van der Waals surface area (Å²) in [5.41, 5.74) is 4.26. The predicted molar refractivity (Wildman–Crippen MR) is 114 cm³/mol. The van der Waals surface area contributed by atoms with Gasteiger partial charge < -0.3 is 10.2 Å². The van der Waals surface area contributed by atoms with Crippen molar-refractivity contribution in [1.29, 1.82) is 0 Å². The third-order valence-electron chi connectivity index (χ3n) is 5.04. The number of nitrogens with one attached hydrogen (secondary N) is 1. The molecule has 2 atom stereocenters. The molecule has 4 heteroatoms. The number of hydrogen-bond donors (Lipinski definition) is 1. The van der Waals surface area contributed by atoms with Crippen LogP contribution < -0.4 is 5.32 Å². The van der Waals surface area contributed by atoms with E-state index in [2.05, 4.69) is 11.4 Å². The lowest BCUT2D eigenvalue weighted by atomic mass is 10.1. The van der Waals surface area contributed by atoms with Crippen LogP contribution in [-0.4, -0.2) is 28.8 Å². The number of rotatable bonds is 8. The van der Waals surface area contributed by atoms with E-state index < -0.39 is 6.04 Å². The van der Waals surface area contributed by atoms with E-state index in [0.717, 1.165) is 28.7 Å². The fraction of sp³-hybridized carbons (Fsp3) is 0.417. The van der Waals surface area contributed by atoms with Crippen molar-refractivity contribution < 1.29 is 9.59 Å². The van der Waals surface area contributed by atoms with Crippen molar-refractivity contribution in [3.05, 3.63) is 70.8 Å². The summed E-state index contributed by atoms with van der Waals surface area (Å²) in [5.74, 6) is -0.154. The Morgan fingerprint density at radius 2 is 1.54 bits per heavy atom. The molecule has 0 saturated carbocycles. The Bertz CT molecular complexity index is 816. The number of carbonyl (C=O) groups is 2. The summed E-state index contributed by atoms with van der Waals surface area (Å²) in [6, 6.07) is 15.6. The van der Waals surface area contributed by atoms with Crippen LogP contribution in [0, 0.1) is 13.8 Å². The van der Waals surface area contributed by atoms with Gasteiger partial charge in [0.1, 0.15) is 6.04 Å². The van der Waals surface area contributed by atoms with Crippen LogP contribution in [0.3, 0.4) is 0 Å². The zero-order chi connectivity index (χ0) is 20.7. The number of aryl methyl sites for hydroxylation is 2. The highest BCUT2D eigenvalue weighted by Crippen LogP contribution is 2.14. The normalized spacial score (nSPS) is 12.9. The maximum absolute atomic E-state index is 13.2. The fourth-order valence-electron chi connectivity index (χ4n) is 3.15. The summed E-state index contributed by atoms with van der Waals surface area (Å²) in [5, 5.41) is 3.00. The topological polar surface area (TPSA) is 49.4 Å². The van der Waals surface area contributed by atoms with Crippen molar-refractivity contribution in [1.82, 2.24) is 10.2 Å². The number of carbonyl (C=O) groups excluding carboxylic acids is 2. The Balaban J connectivity index is 2.23. The molecule has 0 aliphatic carbocycles. The van der Waals surface area contributed by atoms with Gasteiger partial charge in [-0.15, -0.1) is 0 Å². The van der Waals surface area contributed by atoms with Crippen LogP contribution in [0.2, 0.25) is 0 Å². The molecule has 28 heavy (non-hydrogen) atoms. The number of hydrogen-bond acceptors (Lipinski definition) is 2. The highest BCUT2D eigenvalue weighted by atomic mass is 16.2. The SMILES string of the molecule is CCC(C)NC(=O)C(C)N(Cc1cccc(C)c1)C(=O)Cc1cccc(C)c1. The van der Waals surface area contributed by atoms with Crippen LogP contribution >= 0.6 is 0 Å². The smallest absolute Gasteiger partial charge is 0.242 e. The van der Waals surface area contributed by atoms with Gasteiger partial charge in [0.05, 0.1) is 6.42 Å². The van der Waals surface area contributed by atoms with E-state index in [1.807, 2.05) is 77.1 Å². The zero-order valence-corrected chi connectivity index (χ0v) is 17.7. The number of amides is 2. The Morgan fingerprint density at radius 1 is 0.964 bits per heavy atom. The molecule has 4 nitrogen and oxygen atoms in total. The van der Waals surface area contributed by atoms with E-state index in [-0.39, 0.29) is 24.3 Å². The highest BCUT2D eigenvalue weighted by molar-refractivity contribution is 5.88. The molecule has 0 aliphatic rings. The first kappa shape index (κ1) is 21.7. The summed E-state index contributed by atoms with van der Waals surface area (Å²) in [4.78, 5) is 27.6. The largest absolute Gasteiger partial charge is 0.352 e. The van der Waals surface area contributed by atoms with E-state index in [1.54, 1.807) is 4.90 Å². The molecule has 1 N–H and O–H groups in total. The monoisotopic (exact) mass is 380 g/mol. The van der Waals surface area contributed by atoms with E-state index in [9.17, 15) is 9.59 Å². The van der Waals surface area contributed by atoms with E-state index in [1.165, 1.54) is 0 Å². The second-order valence-electron chi connectivity index (χ2n) is 7.67. The quantitative estimate of drug-likeness (QED) is 0.747. The molecular formula is C24H32N2O2. The first-order chi connectivity index (χ1) is 13.3. The summed E-state index contributed by atoms with van der Waals surface area (Å²) in [6.45, 7) is 10.3. The maximum atomic E-state index is 13.2. The molecule has 2 rings (SSSR count). The maximum Gasteiger partial charge on any atom is 0.242 e. The fourth-order valence-corrected chi connectivity index (χ4v) is 3.15. The summed E-state index contributed by atoms with van der Waals surface area (Å²) in [6.07, 6.45) is 1.14. The molecule has 0 spiro atoms. The minimum absolute atomic E-state index is 0.0427. The molecule has 2 aromatic carbocycles. The molecule has 2 amide bonds. The van der Waals surface area contributed by atoms with Gasteiger partial charge in [0.25, 0.3) is 0 Å². The molecule has 0 aromatic heterocycles. The predicted octanol–water partition coefficient (Wildman–Crippen LogP) is 4.18. The van der Waals surface area contributed by atoms with E-state index in [0.29, 0.717) is 6.54 Å². The first-order valence-corrected chi connectivity index (χ1v) is 10.0. The Labute approximate surface area is 169 Å². The average Bonchev–Trinajstić information content (AvgIpc) is 2.65. The van der Waals surface area contributed by atoms with Crippen LogP contribution in [0.15, 0.2) is 48.5 Å². The molecule has 0 radical (unpaired) electrons. The number of nitrogens with zero attached hydrogens (tertiary/aromatic N) is 1. The van der Waals surface area contributed by atoms with Crippen LogP contribution in [0.1, 0.15) is 49.4 Å². The van der Waals surface area contributed by atoms with E-state index in [4.69, 9.17) is 0 Å². The van der Waals surface area contributed by atoms with Crippen molar-refractivity contribution in [2.24, 2.45) is 0 Å². The first-order valence-electron chi connectivity index (χ1n) is 10.0. The minimum atomic E-state index is -0.535. The molecule has 2 aromatic rings. The molecule has 0 fully saturated rings. The second kappa shape index (κ2) is 10.1. The summed E-state index contributed by atoms with van der Waals surface area (Å²) < 4.78 is 0. The van der Waals surface area contributed by atoms with Crippen molar-refractivity contribution in [3.63, 3.8) is 0 Å². The zero-order valence-electron chi connectivity index (χ0n) is 17.7. The van der Waals surface area contributed by atoms with Crippen molar-refractivity contribution in [3.8, 4) is 0 Å². The van der Waals surface area contributed by atoms with Crippen LogP contribution in [0.5, 0.6) is 0 Å². The summed E-state index contributed by atoms with van der Waals surface area (Å²) >= 11 is 0. The van der Waals surface area contributed by atoms with Gasteiger partial charge in [0.2, 0.25) is 11.8 Å². The van der Waals surface area contributed by atoms with Gasteiger partial charge in [-0.3, -0.25) is 9.59 Å². The third kappa shape index (κ3) is 6.22. The molecule has 0 heterocycles. The van der Waals surface area contributed by atoms with Gasteiger partial charge in [-0.25, -0.2) is 0 Å². The Kier molecular flexibility index (Phi) is 7.80. The van der Waals surface area contributed by atoms with Crippen LogP contribution in [-0.2, 0) is 22.6 Å². The van der Waals surface area contributed by atoms with Crippen molar-refractivity contribution >= 4 is 11.8 Å². The summed E-state index contributed by atoms with van der Waals surface area (Å²) in [7, 11) is 0. The van der Waals surface area contributed by atoms with Gasteiger partial charge in [-0.2, -0.15) is 0 Å². The van der Waals surface area contributed by atoms with Crippen LogP contribution in [0.25, 0.3) is 0 Å². The third-order valence-corrected chi connectivity index (χ3v) is 5.04. The lowest BCUT2D eigenvalue weighted by Crippen LogP contribution is -2.49. The minimum Gasteiger partial charge on any atom is -0.352 e. The van der Waals surface area contributed by atoms with Gasteiger partial charge >= 0.3 is 0 Å². The molecule has 0 bridgehead atoms. The molecule has 2 unspecified atom stereocenters. The molecular weight excluding hydrogens is 348 g/mol. The standard InChI is InChI=1S/C24H32N2O2/c1-6-19(4)25-24(28)20(5)26(16-22-12-8-10-18(3)14-22)23(27)15-21-11-7-9-17(2)13-21/h7-14,19-20H,6,15-16H2,1-5H3,(H,25,28). The van der Waals surface area contributed by atoms with Gasteiger partial charge in [0.15, 0.2) is 0 Å². The Hall–Kier alpha value is -2.62. The lowest BCUT2D eigenvalue weighted by molar-refractivity contribution is -0.140. The van der Waals surface area contributed by atoms with Crippen molar-refractivity contribution in [2.75, 3.05) is 0 Å². The van der Waals surface area contributed by atoms with Crippen LogP contribution in [0.4, 0.5) is 0 Å². The van der Waals surface area contributed by atoms with Gasteiger partial charge in [-0.05, 0) is 45.2 Å². The molecule has 150 valence electrons. The Morgan fingerprint density at radius 3 is 2.11 bits per heavy atom. The second-order valence-corrected chi connectivity index (χ2v) is 7.67.